The van der Waals surface area contributed by atoms with E-state index in [-0.39, 0.29) is 36.3 Å². The summed E-state index contributed by atoms with van der Waals surface area (Å²) in [6.07, 6.45) is 0. The van der Waals surface area contributed by atoms with Crippen LogP contribution in [0, 0.1) is 21.0 Å². The van der Waals surface area contributed by atoms with Crippen molar-refractivity contribution < 1.29 is 34.2 Å². The Hall–Kier alpha value is -0.830. The van der Waals surface area contributed by atoms with E-state index in [1.165, 1.54) is 18.3 Å². The fourth-order valence-corrected chi connectivity index (χ4v) is 5.63. The number of halogens is 4. The third kappa shape index (κ3) is 7.21. The van der Waals surface area contributed by atoms with Crippen LogP contribution in [0.25, 0.3) is 0 Å². The maximum Gasteiger partial charge on any atom is 0.357 e. The Morgan fingerprint density at radius 2 is 1.11 bits per heavy atom. The number of aryl methyl sites for hydroxylation is 2. The highest BCUT2D eigenvalue weighted by Crippen LogP contribution is 2.31. The van der Waals surface area contributed by atoms with Crippen molar-refractivity contribution in [3.05, 3.63) is 94.0 Å². The Morgan fingerprint density at radius 1 is 0.714 bits per heavy atom. The van der Waals surface area contributed by atoms with E-state index in [0.29, 0.717) is 0 Å². The molecule has 0 saturated carbocycles. The van der Waals surface area contributed by atoms with Gasteiger partial charge in [0.05, 0.1) is 20.0 Å². The molecule has 0 N–H and O–H groups in total. The lowest BCUT2D eigenvalue weighted by Gasteiger charge is -2.09. The molecule has 8 heteroatoms. The van der Waals surface area contributed by atoms with E-state index in [1.807, 2.05) is 0 Å². The minimum absolute atomic E-state index is 0.00313. The van der Waals surface area contributed by atoms with Crippen molar-refractivity contribution >= 4 is 44.9 Å². The maximum absolute atomic E-state index is 10.6. The molecular formula is C20H16Cl3IO3S. The Morgan fingerprint density at radius 3 is 1.50 bits per heavy atom. The maximum atomic E-state index is 10.6. The van der Waals surface area contributed by atoms with E-state index in [1.54, 1.807) is 0 Å². The molecule has 0 spiro atoms. The Kier molecular flexibility index (Phi) is 8.60. The van der Waals surface area contributed by atoms with Crippen LogP contribution in [0.5, 0.6) is 0 Å². The van der Waals surface area contributed by atoms with Gasteiger partial charge in [-0.3, -0.25) is 0 Å². The number of hydrogen-bond acceptors (Lipinski definition) is 3. The molecule has 0 atom stereocenters. The van der Waals surface area contributed by atoms with Crippen molar-refractivity contribution in [2.75, 3.05) is 0 Å². The highest BCUT2D eigenvalue weighted by molar-refractivity contribution is 7.85. The second-order valence-corrected chi connectivity index (χ2v) is 11.4. The minimum atomic E-state index is -4.60. The fraction of sp³-hybridized carbons (Fsp3) is 0.100. The molecule has 0 aliphatic heterocycles. The summed E-state index contributed by atoms with van der Waals surface area (Å²) in [5, 5.41) is -0.163. The summed E-state index contributed by atoms with van der Waals surface area (Å²) >= 11 is 16.5. The van der Waals surface area contributed by atoms with Crippen LogP contribution in [-0.2, 0) is 10.1 Å². The average Bonchev–Trinajstić information content (AvgIpc) is 2.62. The van der Waals surface area contributed by atoms with Gasteiger partial charge in [-0.1, -0.05) is 70.2 Å². The molecule has 0 aliphatic rings. The zero-order valence-electron chi connectivity index (χ0n) is 14.9. The minimum Gasteiger partial charge on any atom is -0.744 e. The first-order valence-corrected chi connectivity index (χ1v) is 12.6. The molecule has 3 aromatic rings. The van der Waals surface area contributed by atoms with E-state index in [9.17, 15) is 13.0 Å². The molecule has 0 radical (unpaired) electrons. The smallest absolute Gasteiger partial charge is 0.357 e. The lowest BCUT2D eigenvalue weighted by molar-refractivity contribution is -0.597. The van der Waals surface area contributed by atoms with Crippen LogP contribution < -0.4 is 21.2 Å². The zero-order valence-corrected chi connectivity index (χ0v) is 20.2. The summed E-state index contributed by atoms with van der Waals surface area (Å²) in [6, 6.07) is 19.8. The fourth-order valence-electron chi connectivity index (χ4n) is 2.01. The summed E-state index contributed by atoms with van der Waals surface area (Å²) in [6.45, 7) is 4.27. The first-order chi connectivity index (χ1) is 13.1. The normalized spacial score (nSPS) is 10.9. The summed E-state index contributed by atoms with van der Waals surface area (Å²) < 4.78 is 34.7. The average molecular weight is 570 g/mol. The molecule has 0 fully saturated rings. The first-order valence-electron chi connectivity index (χ1n) is 7.95. The van der Waals surface area contributed by atoms with Gasteiger partial charge in [-0.05, 0) is 50.2 Å². The van der Waals surface area contributed by atoms with E-state index >= 15 is 0 Å². The standard InChI is InChI=1S/C14H14I.C6H3Cl3O3S/c1-11-3-7-13(8-4-11)15-14-9-5-12(2)6-10-14;7-3-1-5(9)6(2-4(3)8)13(10,11)12/h3-10H,1-2H3;1-2H,(H,10,11,12)/q+1;/p-1. The van der Waals surface area contributed by atoms with Gasteiger partial charge in [0.15, 0.2) is 7.14 Å². The molecule has 0 amide bonds. The summed E-state index contributed by atoms with van der Waals surface area (Å²) in [5.74, 6) is 0. The summed E-state index contributed by atoms with van der Waals surface area (Å²) in [7, 11) is -4.60. The monoisotopic (exact) mass is 568 g/mol. The van der Waals surface area contributed by atoms with Crippen LogP contribution in [-0.4, -0.2) is 13.0 Å². The van der Waals surface area contributed by atoms with Crippen molar-refractivity contribution in [2.45, 2.75) is 18.7 Å². The first kappa shape index (κ1) is 23.4. The van der Waals surface area contributed by atoms with Crippen molar-refractivity contribution in [1.29, 1.82) is 0 Å². The van der Waals surface area contributed by atoms with E-state index in [4.69, 9.17) is 34.8 Å². The molecule has 0 aromatic heterocycles. The van der Waals surface area contributed by atoms with Gasteiger partial charge < -0.3 is 4.55 Å². The molecule has 0 unspecified atom stereocenters. The molecule has 3 nitrogen and oxygen atoms in total. The van der Waals surface area contributed by atoms with Gasteiger partial charge in [0, 0.05) is 0 Å². The van der Waals surface area contributed by atoms with Gasteiger partial charge >= 0.3 is 21.2 Å². The molecule has 28 heavy (non-hydrogen) atoms. The van der Waals surface area contributed by atoms with Crippen LogP contribution in [0.15, 0.2) is 65.6 Å². The Labute approximate surface area is 190 Å². The van der Waals surface area contributed by atoms with Gasteiger partial charge in [0.25, 0.3) is 0 Å². The van der Waals surface area contributed by atoms with Crippen molar-refractivity contribution in [1.82, 2.24) is 0 Å². The van der Waals surface area contributed by atoms with E-state index < -0.39 is 15.0 Å². The summed E-state index contributed by atoms with van der Waals surface area (Å²) in [4.78, 5) is -0.566. The van der Waals surface area contributed by atoms with Crippen LogP contribution in [0.3, 0.4) is 0 Å². The van der Waals surface area contributed by atoms with Crippen LogP contribution in [0.4, 0.5) is 0 Å². The van der Waals surface area contributed by atoms with Gasteiger partial charge in [0.2, 0.25) is 0 Å². The zero-order chi connectivity index (χ0) is 20.9. The number of rotatable bonds is 3. The Balaban J connectivity index is 0.000000203. The second kappa shape index (κ2) is 10.3. The predicted molar refractivity (Wildman–Crippen MR) is 109 cm³/mol. The van der Waals surface area contributed by atoms with Crippen molar-refractivity contribution in [3.8, 4) is 0 Å². The lowest BCUT2D eigenvalue weighted by Crippen LogP contribution is -3.61. The molecule has 0 bridgehead atoms. The number of hydrogen-bond donors (Lipinski definition) is 0. The highest BCUT2D eigenvalue weighted by Gasteiger charge is 2.14. The Bertz CT molecular complexity index is 1010. The molecular weight excluding hydrogens is 554 g/mol. The summed E-state index contributed by atoms with van der Waals surface area (Å²) in [5.41, 5.74) is 2.68. The number of benzene rings is 3. The second-order valence-electron chi connectivity index (χ2n) is 5.84. The van der Waals surface area contributed by atoms with E-state index in [2.05, 4.69) is 62.4 Å². The van der Waals surface area contributed by atoms with Crippen LogP contribution >= 0.6 is 34.8 Å². The third-order valence-electron chi connectivity index (χ3n) is 3.48. The van der Waals surface area contributed by atoms with Crippen molar-refractivity contribution in [3.63, 3.8) is 0 Å². The van der Waals surface area contributed by atoms with Gasteiger partial charge in [-0.25, -0.2) is 8.42 Å². The van der Waals surface area contributed by atoms with Crippen LogP contribution in [0.2, 0.25) is 15.1 Å². The van der Waals surface area contributed by atoms with Gasteiger partial charge in [0.1, 0.15) is 10.1 Å². The largest absolute Gasteiger partial charge is 0.744 e. The SMILES string of the molecule is Cc1ccc([I+]c2ccc(C)cc2)cc1.O=S(=O)([O-])c1cc(Cl)c(Cl)cc1Cl. The predicted octanol–water partition coefficient (Wildman–Crippen LogP) is 2.98. The molecule has 0 heterocycles. The molecule has 148 valence electrons. The molecule has 3 rings (SSSR count). The van der Waals surface area contributed by atoms with E-state index in [0.717, 1.165) is 12.1 Å². The quantitative estimate of drug-likeness (QED) is 0.277. The molecule has 0 aliphatic carbocycles. The van der Waals surface area contributed by atoms with Gasteiger partial charge in [-0.2, -0.15) is 0 Å². The van der Waals surface area contributed by atoms with Crippen molar-refractivity contribution in [2.24, 2.45) is 0 Å². The molecule has 0 saturated heterocycles. The van der Waals surface area contributed by atoms with Gasteiger partial charge in [-0.15, -0.1) is 0 Å². The lowest BCUT2D eigenvalue weighted by atomic mass is 10.2. The molecule has 3 aromatic carbocycles. The highest BCUT2D eigenvalue weighted by atomic mass is 127. The topological polar surface area (TPSA) is 57.2 Å². The third-order valence-corrected chi connectivity index (χ3v) is 8.19. The van der Waals surface area contributed by atoms with Crippen LogP contribution in [0.1, 0.15) is 11.1 Å².